The largest absolute Gasteiger partial charge is 0.479 e. The fraction of sp³-hybridized carbons (Fsp3) is 0.406. The van der Waals surface area contributed by atoms with Gasteiger partial charge in [-0.1, -0.05) is 87.8 Å². The molecule has 204 valence electrons. The van der Waals surface area contributed by atoms with Crippen molar-refractivity contribution in [3.05, 3.63) is 84.0 Å². The van der Waals surface area contributed by atoms with Gasteiger partial charge in [0.05, 0.1) is 11.8 Å². The number of rotatable bonds is 13. The quantitative estimate of drug-likeness (QED) is 0.190. The van der Waals surface area contributed by atoms with E-state index in [4.69, 9.17) is 10.2 Å². The molecule has 2 atom stereocenters. The van der Waals surface area contributed by atoms with Crippen LogP contribution in [-0.4, -0.2) is 27.0 Å². The summed E-state index contributed by atoms with van der Waals surface area (Å²) in [6, 6.07) is 10.6. The van der Waals surface area contributed by atoms with Crippen LogP contribution in [0.2, 0.25) is 0 Å². The summed E-state index contributed by atoms with van der Waals surface area (Å²) in [4.78, 5) is 33.8. The van der Waals surface area contributed by atoms with Crippen LogP contribution in [0.5, 0.6) is 0 Å². The number of oxazole rings is 1. The SMILES string of the molecule is NC(C(=O)O)(C(=C=O)C(CC=Cc1cccnc1)CCCCC1CCCCC1)c1ccccc1-c1ncco1. The highest BCUT2D eigenvalue weighted by Gasteiger charge is 2.46. The zero-order valence-electron chi connectivity index (χ0n) is 22.3. The third kappa shape index (κ3) is 6.99. The van der Waals surface area contributed by atoms with Gasteiger partial charge in [-0.2, -0.15) is 0 Å². The molecule has 2 aromatic heterocycles. The Kier molecular flexibility index (Phi) is 10.0. The molecule has 4 rings (SSSR count). The molecule has 1 fully saturated rings. The van der Waals surface area contributed by atoms with Crippen LogP contribution >= 0.6 is 0 Å². The van der Waals surface area contributed by atoms with Crippen molar-refractivity contribution in [1.82, 2.24) is 9.97 Å². The molecule has 3 N–H and O–H groups in total. The van der Waals surface area contributed by atoms with Crippen molar-refractivity contribution in [3.63, 3.8) is 0 Å². The molecular weight excluding hydrogens is 490 g/mol. The van der Waals surface area contributed by atoms with Gasteiger partial charge < -0.3 is 15.3 Å². The van der Waals surface area contributed by atoms with E-state index in [-0.39, 0.29) is 17.0 Å². The molecule has 1 aliphatic carbocycles. The Morgan fingerprint density at radius 1 is 1.15 bits per heavy atom. The van der Waals surface area contributed by atoms with E-state index in [2.05, 4.69) is 9.97 Å². The van der Waals surface area contributed by atoms with E-state index in [9.17, 15) is 14.7 Å². The number of aliphatic carboxylic acids is 1. The molecule has 1 aromatic carbocycles. The predicted molar refractivity (Wildman–Crippen MR) is 151 cm³/mol. The van der Waals surface area contributed by atoms with Gasteiger partial charge >= 0.3 is 5.97 Å². The number of hydrogen-bond acceptors (Lipinski definition) is 6. The molecule has 1 saturated carbocycles. The lowest BCUT2D eigenvalue weighted by atomic mass is 9.73. The monoisotopic (exact) mass is 527 g/mol. The lowest BCUT2D eigenvalue weighted by Crippen LogP contribution is -2.49. The number of carbonyl (C=O) groups is 1. The zero-order valence-corrected chi connectivity index (χ0v) is 22.3. The summed E-state index contributed by atoms with van der Waals surface area (Å²) >= 11 is 0. The molecule has 0 saturated heterocycles. The highest BCUT2D eigenvalue weighted by atomic mass is 16.4. The highest BCUT2D eigenvalue weighted by molar-refractivity contribution is 5.90. The molecule has 2 heterocycles. The van der Waals surface area contributed by atoms with E-state index in [1.54, 1.807) is 36.7 Å². The predicted octanol–water partition coefficient (Wildman–Crippen LogP) is 6.59. The standard InChI is InChI=1S/C32H37N3O4/c33-32(31(37)38,28-18-7-6-17-27(28)30-35-20-21-39-30)29(23-36)26(16-8-13-25-14-9-19-34-22-25)15-5-4-12-24-10-2-1-3-11-24/h6-9,13-14,17-22,24,26H,1-5,10-12,15-16,33H2,(H,37,38). The molecule has 7 heteroatoms. The Morgan fingerprint density at radius 2 is 1.97 bits per heavy atom. The van der Waals surface area contributed by atoms with Crippen molar-refractivity contribution in [2.75, 3.05) is 0 Å². The number of allylic oxidation sites excluding steroid dienone is 1. The number of benzene rings is 1. The van der Waals surface area contributed by atoms with Gasteiger partial charge in [-0.15, -0.1) is 0 Å². The van der Waals surface area contributed by atoms with E-state index in [0.29, 0.717) is 18.4 Å². The Bertz CT molecular complexity index is 1280. The number of nitrogens with two attached hydrogens (primary N) is 1. The molecule has 7 nitrogen and oxygen atoms in total. The number of carbonyl (C=O) groups excluding carboxylic acids is 1. The minimum absolute atomic E-state index is 0.0301. The molecule has 1 aliphatic rings. The topological polar surface area (TPSA) is 119 Å². The maximum Gasteiger partial charge on any atom is 0.333 e. The Balaban J connectivity index is 1.62. The van der Waals surface area contributed by atoms with E-state index < -0.39 is 17.4 Å². The minimum Gasteiger partial charge on any atom is -0.479 e. The van der Waals surface area contributed by atoms with E-state index >= 15 is 0 Å². The Hall–Kier alpha value is -3.80. The van der Waals surface area contributed by atoms with Gasteiger partial charge in [0.1, 0.15) is 12.2 Å². The number of carboxylic acids is 1. The molecule has 2 unspecified atom stereocenters. The molecule has 3 aromatic rings. The Labute approximate surface area is 229 Å². The second kappa shape index (κ2) is 13.8. The van der Waals surface area contributed by atoms with Gasteiger partial charge in [0, 0.05) is 23.5 Å². The summed E-state index contributed by atoms with van der Waals surface area (Å²) < 4.78 is 5.48. The van der Waals surface area contributed by atoms with Crippen molar-refractivity contribution < 1.29 is 19.1 Å². The molecule has 0 amide bonds. The van der Waals surface area contributed by atoms with Crippen LogP contribution in [0.3, 0.4) is 0 Å². The van der Waals surface area contributed by atoms with Crippen LogP contribution in [0.25, 0.3) is 17.5 Å². The average molecular weight is 528 g/mol. The van der Waals surface area contributed by atoms with E-state index in [1.165, 1.54) is 44.6 Å². The summed E-state index contributed by atoms with van der Waals surface area (Å²) in [5.74, 6) is 1.29. The number of hydrogen-bond donors (Lipinski definition) is 2. The number of pyridine rings is 1. The van der Waals surface area contributed by atoms with Crippen molar-refractivity contribution in [2.24, 2.45) is 17.6 Å². The van der Waals surface area contributed by atoms with Gasteiger partial charge in [0.25, 0.3) is 0 Å². The molecule has 39 heavy (non-hydrogen) atoms. The summed E-state index contributed by atoms with van der Waals surface area (Å²) in [5.41, 5.74) is 6.27. The summed E-state index contributed by atoms with van der Waals surface area (Å²) in [6.45, 7) is 0. The maximum atomic E-state index is 12.9. The lowest BCUT2D eigenvalue weighted by molar-refractivity contribution is -0.142. The molecule has 0 aliphatic heterocycles. The minimum atomic E-state index is -2.09. The van der Waals surface area contributed by atoms with E-state index in [0.717, 1.165) is 30.7 Å². The first kappa shape index (κ1) is 28.2. The normalized spacial score (nSPS) is 16.4. The number of nitrogens with zero attached hydrogens (tertiary/aromatic N) is 2. The van der Waals surface area contributed by atoms with Crippen LogP contribution in [-0.2, 0) is 15.1 Å². The number of unbranched alkanes of at least 4 members (excludes halogenated alkanes) is 1. The van der Waals surface area contributed by atoms with E-state index in [1.807, 2.05) is 30.2 Å². The maximum absolute atomic E-state index is 12.9. The first-order chi connectivity index (χ1) is 19.0. The fourth-order valence-electron chi connectivity index (χ4n) is 5.75. The van der Waals surface area contributed by atoms with Crippen molar-refractivity contribution in [1.29, 1.82) is 0 Å². The smallest absolute Gasteiger partial charge is 0.333 e. The van der Waals surface area contributed by atoms with Crippen LogP contribution in [0.1, 0.15) is 75.3 Å². The number of carboxylic acid groups (broad SMARTS) is 1. The summed E-state index contributed by atoms with van der Waals surface area (Å²) in [7, 11) is 0. The lowest BCUT2D eigenvalue weighted by Gasteiger charge is -2.32. The Morgan fingerprint density at radius 3 is 2.67 bits per heavy atom. The van der Waals surface area contributed by atoms with Gasteiger partial charge in [-0.3, -0.25) is 4.98 Å². The van der Waals surface area contributed by atoms with Gasteiger partial charge in [0.15, 0.2) is 5.54 Å². The van der Waals surface area contributed by atoms with Crippen LogP contribution in [0.15, 0.2) is 77.3 Å². The van der Waals surface area contributed by atoms with Crippen molar-refractivity contribution in [2.45, 2.75) is 69.7 Å². The third-order valence-electron chi connectivity index (χ3n) is 7.85. The molecule has 0 radical (unpaired) electrons. The fourth-order valence-corrected chi connectivity index (χ4v) is 5.75. The van der Waals surface area contributed by atoms with Crippen LogP contribution in [0, 0.1) is 11.8 Å². The second-order valence-electron chi connectivity index (χ2n) is 10.4. The van der Waals surface area contributed by atoms with Crippen LogP contribution < -0.4 is 5.73 Å². The van der Waals surface area contributed by atoms with Crippen molar-refractivity contribution >= 4 is 18.0 Å². The molecule has 0 spiro atoms. The number of aromatic nitrogens is 2. The van der Waals surface area contributed by atoms with Gasteiger partial charge in [-0.25, -0.2) is 14.6 Å². The summed E-state index contributed by atoms with van der Waals surface area (Å²) in [5, 5.41) is 10.5. The first-order valence-corrected chi connectivity index (χ1v) is 13.9. The van der Waals surface area contributed by atoms with Gasteiger partial charge in [-0.05, 0) is 42.4 Å². The molecule has 0 bridgehead atoms. The van der Waals surface area contributed by atoms with Crippen LogP contribution in [0.4, 0.5) is 0 Å². The van der Waals surface area contributed by atoms with Crippen molar-refractivity contribution in [3.8, 4) is 11.5 Å². The third-order valence-corrected chi connectivity index (χ3v) is 7.85. The summed E-state index contributed by atoms with van der Waals surface area (Å²) in [6.07, 6.45) is 21.0. The highest BCUT2D eigenvalue weighted by Crippen LogP contribution is 2.39. The first-order valence-electron chi connectivity index (χ1n) is 13.9. The average Bonchev–Trinajstić information content (AvgIpc) is 3.51. The van der Waals surface area contributed by atoms with Gasteiger partial charge in [0.2, 0.25) is 5.89 Å². The zero-order chi connectivity index (χ0) is 27.5. The molecular formula is C32H37N3O4. The second-order valence-corrected chi connectivity index (χ2v) is 10.4.